The van der Waals surface area contributed by atoms with Gasteiger partial charge < -0.3 is 9.73 Å². The topological polar surface area (TPSA) is 38.1 Å². The van der Waals surface area contributed by atoms with E-state index in [1.54, 1.807) is 0 Å². The minimum Gasteiger partial charge on any atom is -0.466 e. The number of aryl methyl sites for hydroxylation is 2. The Morgan fingerprint density at radius 3 is 2.45 bits per heavy atom. The summed E-state index contributed by atoms with van der Waals surface area (Å²) in [5, 5.41) is 3.59. The van der Waals surface area contributed by atoms with Crippen LogP contribution in [-0.2, 0) is 0 Å². The first-order valence-electron chi connectivity index (χ1n) is 7.27. The number of likely N-dealkylation sites (N-methyl/N-ethyl adjacent to an activating group) is 1. The van der Waals surface area contributed by atoms with E-state index >= 15 is 0 Å². The molecule has 2 aromatic heterocycles. The Kier molecular flexibility index (Phi) is 4.61. The summed E-state index contributed by atoms with van der Waals surface area (Å²) in [4.78, 5) is 4.50. The molecule has 0 saturated heterocycles. The molecule has 2 unspecified atom stereocenters. The number of rotatable bonds is 5. The summed E-state index contributed by atoms with van der Waals surface area (Å²) in [7, 11) is 0. The van der Waals surface area contributed by atoms with Gasteiger partial charge in [-0.25, -0.2) is 0 Å². The molecule has 2 heterocycles. The fourth-order valence-electron chi connectivity index (χ4n) is 2.83. The maximum absolute atomic E-state index is 5.80. The van der Waals surface area contributed by atoms with E-state index < -0.39 is 0 Å². The standard InChI is InChI=1S/C17H24N2O/c1-6-18-17(12(3)15-9-7-8-10-19-15)16-11(2)13(4)20-14(16)5/h7-10,12,17-18H,6H2,1-5H3. The maximum Gasteiger partial charge on any atom is 0.106 e. The van der Waals surface area contributed by atoms with E-state index in [9.17, 15) is 0 Å². The van der Waals surface area contributed by atoms with Crippen molar-refractivity contribution in [2.24, 2.45) is 0 Å². The number of nitrogens with one attached hydrogen (secondary N) is 1. The number of furan rings is 1. The molecule has 3 nitrogen and oxygen atoms in total. The average Bonchev–Trinajstić information content (AvgIpc) is 2.70. The van der Waals surface area contributed by atoms with Crippen molar-refractivity contribution in [1.29, 1.82) is 0 Å². The van der Waals surface area contributed by atoms with Gasteiger partial charge in [0, 0.05) is 29.4 Å². The van der Waals surface area contributed by atoms with Crippen molar-refractivity contribution in [1.82, 2.24) is 10.3 Å². The number of aromatic nitrogens is 1. The van der Waals surface area contributed by atoms with Crippen LogP contribution in [0.25, 0.3) is 0 Å². The van der Waals surface area contributed by atoms with Crippen molar-refractivity contribution < 1.29 is 4.42 Å². The Labute approximate surface area is 121 Å². The van der Waals surface area contributed by atoms with Crippen LogP contribution in [0.5, 0.6) is 0 Å². The number of pyridine rings is 1. The third-order valence-electron chi connectivity index (χ3n) is 4.01. The highest BCUT2D eigenvalue weighted by Crippen LogP contribution is 2.35. The zero-order chi connectivity index (χ0) is 14.7. The maximum atomic E-state index is 5.80. The highest BCUT2D eigenvalue weighted by atomic mass is 16.3. The molecule has 2 aromatic rings. The van der Waals surface area contributed by atoms with Crippen molar-refractivity contribution in [2.75, 3.05) is 6.54 Å². The molecule has 2 atom stereocenters. The number of hydrogen-bond donors (Lipinski definition) is 1. The smallest absolute Gasteiger partial charge is 0.106 e. The molecule has 0 spiro atoms. The molecule has 108 valence electrons. The highest BCUT2D eigenvalue weighted by Gasteiger charge is 2.26. The van der Waals surface area contributed by atoms with Crippen molar-refractivity contribution in [2.45, 2.75) is 46.6 Å². The van der Waals surface area contributed by atoms with Gasteiger partial charge in [-0.05, 0) is 45.0 Å². The molecule has 3 heteroatoms. The molecule has 2 rings (SSSR count). The molecule has 0 saturated carbocycles. The summed E-state index contributed by atoms with van der Waals surface area (Å²) >= 11 is 0. The van der Waals surface area contributed by atoms with Gasteiger partial charge in [0.05, 0.1) is 0 Å². The normalized spacial score (nSPS) is 14.2. The molecule has 20 heavy (non-hydrogen) atoms. The predicted molar refractivity (Wildman–Crippen MR) is 82.0 cm³/mol. The second kappa shape index (κ2) is 6.23. The molecule has 0 amide bonds. The monoisotopic (exact) mass is 272 g/mol. The Morgan fingerprint density at radius 2 is 1.95 bits per heavy atom. The first-order chi connectivity index (χ1) is 9.56. The van der Waals surface area contributed by atoms with Gasteiger partial charge in [0.25, 0.3) is 0 Å². The van der Waals surface area contributed by atoms with Gasteiger partial charge in [0.15, 0.2) is 0 Å². The molecule has 0 bridgehead atoms. The van der Waals surface area contributed by atoms with Crippen LogP contribution in [0.1, 0.15) is 54.1 Å². The van der Waals surface area contributed by atoms with Crippen molar-refractivity contribution in [3.05, 3.63) is 52.7 Å². The Bertz CT molecular complexity index is 560. The van der Waals surface area contributed by atoms with Gasteiger partial charge >= 0.3 is 0 Å². The zero-order valence-corrected chi connectivity index (χ0v) is 13.0. The summed E-state index contributed by atoms with van der Waals surface area (Å²) in [5.41, 5.74) is 3.63. The number of hydrogen-bond acceptors (Lipinski definition) is 3. The first-order valence-corrected chi connectivity index (χ1v) is 7.27. The van der Waals surface area contributed by atoms with Crippen LogP contribution in [0, 0.1) is 20.8 Å². The van der Waals surface area contributed by atoms with E-state index in [0.29, 0.717) is 5.92 Å². The fraction of sp³-hybridized carbons (Fsp3) is 0.471. The number of nitrogens with zero attached hydrogens (tertiary/aromatic N) is 1. The van der Waals surface area contributed by atoms with E-state index in [0.717, 1.165) is 23.8 Å². The quantitative estimate of drug-likeness (QED) is 0.892. The molecular weight excluding hydrogens is 248 g/mol. The fourth-order valence-corrected chi connectivity index (χ4v) is 2.83. The van der Waals surface area contributed by atoms with Crippen LogP contribution in [0.4, 0.5) is 0 Å². The second-order valence-corrected chi connectivity index (χ2v) is 5.33. The SMILES string of the molecule is CCNC(c1c(C)oc(C)c1C)C(C)c1ccccn1. The Balaban J connectivity index is 2.41. The largest absolute Gasteiger partial charge is 0.466 e. The lowest BCUT2D eigenvalue weighted by molar-refractivity contribution is 0.450. The van der Waals surface area contributed by atoms with Crippen LogP contribution in [0.15, 0.2) is 28.8 Å². The highest BCUT2D eigenvalue weighted by molar-refractivity contribution is 5.36. The predicted octanol–water partition coefficient (Wildman–Crippen LogP) is 4.05. The van der Waals surface area contributed by atoms with E-state index in [1.807, 2.05) is 32.2 Å². The second-order valence-electron chi connectivity index (χ2n) is 5.33. The molecular formula is C17H24N2O. The molecule has 0 fully saturated rings. The molecule has 0 radical (unpaired) electrons. The Hall–Kier alpha value is -1.61. The third-order valence-corrected chi connectivity index (χ3v) is 4.01. The summed E-state index contributed by atoms with van der Waals surface area (Å²) in [5.74, 6) is 2.31. The molecule has 1 N–H and O–H groups in total. The zero-order valence-electron chi connectivity index (χ0n) is 13.0. The van der Waals surface area contributed by atoms with Crippen LogP contribution >= 0.6 is 0 Å². The van der Waals surface area contributed by atoms with E-state index in [1.165, 1.54) is 11.1 Å². The Morgan fingerprint density at radius 1 is 1.20 bits per heavy atom. The molecule has 0 aliphatic carbocycles. The lowest BCUT2D eigenvalue weighted by atomic mass is 9.89. The van der Waals surface area contributed by atoms with Crippen molar-refractivity contribution >= 4 is 0 Å². The van der Waals surface area contributed by atoms with Crippen LogP contribution < -0.4 is 5.32 Å². The lowest BCUT2D eigenvalue weighted by Gasteiger charge is -2.25. The van der Waals surface area contributed by atoms with Gasteiger partial charge in [-0.2, -0.15) is 0 Å². The van der Waals surface area contributed by atoms with Crippen molar-refractivity contribution in [3.63, 3.8) is 0 Å². The minimum absolute atomic E-state index is 0.229. The summed E-state index contributed by atoms with van der Waals surface area (Å²) in [6.45, 7) is 11.5. The summed E-state index contributed by atoms with van der Waals surface area (Å²) < 4.78 is 5.80. The van der Waals surface area contributed by atoms with Crippen molar-refractivity contribution in [3.8, 4) is 0 Å². The van der Waals surface area contributed by atoms with Crippen LogP contribution in [-0.4, -0.2) is 11.5 Å². The summed E-state index contributed by atoms with van der Waals surface area (Å²) in [6.07, 6.45) is 1.86. The first kappa shape index (κ1) is 14.8. The van der Waals surface area contributed by atoms with Crippen LogP contribution in [0.3, 0.4) is 0 Å². The lowest BCUT2D eigenvalue weighted by Crippen LogP contribution is -2.27. The van der Waals surface area contributed by atoms with E-state index in [-0.39, 0.29) is 6.04 Å². The van der Waals surface area contributed by atoms with Gasteiger partial charge in [0.1, 0.15) is 11.5 Å². The van der Waals surface area contributed by atoms with Gasteiger partial charge in [-0.1, -0.05) is 19.9 Å². The molecule has 0 aliphatic rings. The van der Waals surface area contributed by atoms with Gasteiger partial charge in [0.2, 0.25) is 0 Å². The van der Waals surface area contributed by atoms with Crippen LogP contribution in [0.2, 0.25) is 0 Å². The average molecular weight is 272 g/mol. The minimum atomic E-state index is 0.229. The van der Waals surface area contributed by atoms with E-state index in [4.69, 9.17) is 4.42 Å². The molecule has 0 aromatic carbocycles. The van der Waals surface area contributed by atoms with Gasteiger partial charge in [-0.15, -0.1) is 0 Å². The van der Waals surface area contributed by atoms with E-state index in [2.05, 4.69) is 37.1 Å². The molecule has 0 aliphatic heterocycles. The van der Waals surface area contributed by atoms with Gasteiger partial charge in [-0.3, -0.25) is 4.98 Å². The summed E-state index contributed by atoms with van der Waals surface area (Å²) in [6, 6.07) is 6.32. The third kappa shape index (κ3) is 2.78.